The third-order valence-electron chi connectivity index (χ3n) is 5.95. The van der Waals surface area contributed by atoms with Gasteiger partial charge in [0.25, 0.3) is 5.91 Å². The smallest absolute Gasteiger partial charge is 0.465 e. The van der Waals surface area contributed by atoms with Crippen LogP contribution < -0.4 is 14.4 Å². The quantitative estimate of drug-likeness (QED) is 0.292. The molecule has 2 atom stereocenters. The predicted octanol–water partition coefficient (Wildman–Crippen LogP) is 4.41. The van der Waals surface area contributed by atoms with Crippen LogP contribution >= 0.6 is 11.6 Å². The number of imidazole rings is 1. The maximum Gasteiger partial charge on any atom is 0.573 e. The molecule has 0 spiro atoms. The molecule has 206 valence electrons. The van der Waals surface area contributed by atoms with Crippen LogP contribution in [0.4, 0.5) is 19.0 Å². The number of hydrogen-bond acceptors (Lipinski definition) is 8. The van der Waals surface area contributed by atoms with Crippen LogP contribution in [0.25, 0.3) is 0 Å². The molecule has 10 nitrogen and oxygen atoms in total. The number of epoxide rings is 1. The topological polar surface area (TPSA) is 98.7 Å². The molecule has 0 N–H and O–H groups in total. The second-order valence-electron chi connectivity index (χ2n) is 8.67. The summed E-state index contributed by atoms with van der Waals surface area (Å²) in [4.78, 5) is 33.5. The number of amides is 1. The van der Waals surface area contributed by atoms with Crippen molar-refractivity contribution in [2.75, 3.05) is 25.1 Å². The van der Waals surface area contributed by atoms with E-state index in [1.54, 1.807) is 43.1 Å². The van der Waals surface area contributed by atoms with Crippen LogP contribution in [0.1, 0.15) is 23.0 Å². The van der Waals surface area contributed by atoms with Crippen molar-refractivity contribution in [3.8, 4) is 17.5 Å². The molecular formula is C25H22ClF3N4O6. The summed E-state index contributed by atoms with van der Waals surface area (Å²) in [7, 11) is 1.67. The summed E-state index contributed by atoms with van der Waals surface area (Å²) in [6.45, 7) is 1.55. The third-order valence-corrected chi connectivity index (χ3v) is 6.21. The van der Waals surface area contributed by atoms with Gasteiger partial charge in [-0.25, -0.2) is 0 Å². The fourth-order valence-electron chi connectivity index (χ4n) is 4.20. The van der Waals surface area contributed by atoms with Gasteiger partial charge in [-0.15, -0.1) is 13.2 Å². The summed E-state index contributed by atoms with van der Waals surface area (Å²) in [6, 6.07) is 11.7. The van der Waals surface area contributed by atoms with E-state index >= 15 is 0 Å². The van der Waals surface area contributed by atoms with E-state index in [4.69, 9.17) is 25.8 Å². The molecule has 2 unspecified atom stereocenters. The van der Waals surface area contributed by atoms with E-state index in [9.17, 15) is 22.8 Å². The van der Waals surface area contributed by atoms with Gasteiger partial charge in [-0.05, 0) is 36.8 Å². The molecule has 1 fully saturated rings. The number of anilines is 1. The molecule has 1 aromatic heterocycles. The van der Waals surface area contributed by atoms with E-state index in [1.807, 2.05) is 0 Å². The highest BCUT2D eigenvalue weighted by molar-refractivity contribution is 6.30. The summed E-state index contributed by atoms with van der Waals surface area (Å²) in [5.74, 6) is -1.44. The molecule has 3 aromatic rings. The first-order chi connectivity index (χ1) is 18.5. The molecule has 39 heavy (non-hydrogen) atoms. The largest absolute Gasteiger partial charge is 0.573 e. The number of aromatic nitrogens is 2. The molecule has 1 amide bonds. The Labute approximate surface area is 225 Å². The van der Waals surface area contributed by atoms with Gasteiger partial charge >= 0.3 is 18.3 Å². The number of fused-ring (bicyclic) bond motifs is 2. The highest BCUT2D eigenvalue weighted by Gasteiger charge is 2.54. The summed E-state index contributed by atoms with van der Waals surface area (Å²) in [5, 5.41) is 0.509. The number of alkyl halides is 3. The van der Waals surface area contributed by atoms with Crippen molar-refractivity contribution in [3.63, 3.8) is 0 Å². The van der Waals surface area contributed by atoms with Crippen molar-refractivity contribution in [2.24, 2.45) is 0 Å². The van der Waals surface area contributed by atoms with Crippen LogP contribution in [0, 0.1) is 0 Å². The third kappa shape index (κ3) is 5.73. The fraction of sp³-hybridized carbons (Fsp3) is 0.320. The Balaban J connectivity index is 1.56. The van der Waals surface area contributed by atoms with Crippen molar-refractivity contribution in [1.82, 2.24) is 14.5 Å². The van der Waals surface area contributed by atoms with Crippen molar-refractivity contribution < 1.29 is 41.7 Å². The monoisotopic (exact) mass is 566 g/mol. The van der Waals surface area contributed by atoms with Crippen LogP contribution in [0.2, 0.25) is 5.02 Å². The number of nitrogens with zero attached hydrogens (tertiary/aromatic N) is 4. The van der Waals surface area contributed by atoms with E-state index in [0.717, 1.165) is 17.7 Å². The lowest BCUT2D eigenvalue weighted by molar-refractivity contribution is -0.274. The number of carbonyl (C=O) groups is 2. The number of benzene rings is 2. The van der Waals surface area contributed by atoms with E-state index in [0.29, 0.717) is 5.02 Å². The molecule has 5 rings (SSSR count). The lowest BCUT2D eigenvalue weighted by atomic mass is 10.2. The summed E-state index contributed by atoms with van der Waals surface area (Å²) < 4.78 is 60.3. The minimum atomic E-state index is -4.89. The molecule has 14 heteroatoms. The average molecular weight is 567 g/mol. The Hall–Kier alpha value is -3.97. The van der Waals surface area contributed by atoms with Crippen molar-refractivity contribution in [3.05, 3.63) is 64.8 Å². The lowest BCUT2D eigenvalue weighted by Crippen LogP contribution is -2.40. The van der Waals surface area contributed by atoms with Gasteiger partial charge in [-0.1, -0.05) is 29.8 Å². The Morgan fingerprint density at radius 2 is 1.85 bits per heavy atom. The zero-order valence-electron chi connectivity index (χ0n) is 20.6. The van der Waals surface area contributed by atoms with Gasteiger partial charge in [0, 0.05) is 18.1 Å². The minimum Gasteiger partial charge on any atom is -0.465 e. The number of rotatable bonds is 8. The molecule has 0 bridgehead atoms. The molecule has 0 saturated carbocycles. The minimum absolute atomic E-state index is 0.00621. The number of halogens is 4. The maximum absolute atomic E-state index is 13.8. The zero-order valence-corrected chi connectivity index (χ0v) is 21.4. The Morgan fingerprint density at radius 1 is 1.13 bits per heavy atom. The van der Waals surface area contributed by atoms with Crippen LogP contribution in [0.15, 0.2) is 48.5 Å². The van der Waals surface area contributed by atoms with Crippen LogP contribution in [-0.4, -0.2) is 65.3 Å². The first-order valence-corrected chi connectivity index (χ1v) is 12.2. The van der Waals surface area contributed by atoms with Crippen LogP contribution in [-0.2, 0) is 20.8 Å². The van der Waals surface area contributed by atoms with Gasteiger partial charge in [0.15, 0.2) is 24.0 Å². The van der Waals surface area contributed by atoms with E-state index in [1.165, 1.54) is 21.6 Å². The summed E-state index contributed by atoms with van der Waals surface area (Å²) >= 11 is 6.03. The van der Waals surface area contributed by atoms with Gasteiger partial charge in [-0.2, -0.15) is 4.98 Å². The molecule has 2 aliphatic rings. The van der Waals surface area contributed by atoms with Gasteiger partial charge in [-0.3, -0.25) is 19.1 Å². The van der Waals surface area contributed by atoms with E-state index in [2.05, 4.69) is 9.72 Å². The Kier molecular flexibility index (Phi) is 7.03. The number of ether oxygens (including phenoxy) is 4. The fourth-order valence-corrected chi connectivity index (χ4v) is 4.33. The Bertz CT molecular complexity index is 1400. The SMILES string of the molecule is CCOC(=O)CN1C(=O)c2c(nc(Oc3cccc(OC(F)(F)F)c3)n2Cc2ccc(Cl)cc2)N(C)C2OC21. The number of carbonyl (C=O) groups excluding carboxylic acids is 2. The Morgan fingerprint density at radius 3 is 2.54 bits per heavy atom. The van der Waals surface area contributed by atoms with Gasteiger partial charge in [0.05, 0.1) is 13.2 Å². The second kappa shape index (κ2) is 10.3. The van der Waals surface area contributed by atoms with E-state index < -0.39 is 36.4 Å². The molecule has 0 aliphatic carbocycles. The van der Waals surface area contributed by atoms with Gasteiger partial charge in [0.1, 0.15) is 18.0 Å². The summed E-state index contributed by atoms with van der Waals surface area (Å²) in [5.41, 5.74) is 0.835. The maximum atomic E-state index is 13.8. The first kappa shape index (κ1) is 26.6. The van der Waals surface area contributed by atoms with Crippen LogP contribution in [0.3, 0.4) is 0 Å². The second-order valence-corrected chi connectivity index (χ2v) is 9.11. The first-order valence-electron chi connectivity index (χ1n) is 11.8. The van der Waals surface area contributed by atoms with Crippen LogP contribution in [0.5, 0.6) is 17.5 Å². The number of esters is 1. The van der Waals surface area contributed by atoms with Crippen molar-refractivity contribution in [1.29, 1.82) is 0 Å². The number of likely N-dealkylation sites (N-methyl/N-ethyl adjacent to an activating group) is 1. The molecule has 1 saturated heterocycles. The normalized spacial score (nSPS) is 18.3. The van der Waals surface area contributed by atoms with Gasteiger partial charge in [0.2, 0.25) is 0 Å². The molecule has 0 radical (unpaired) electrons. The zero-order chi connectivity index (χ0) is 27.9. The average Bonchev–Trinajstić information content (AvgIpc) is 3.59. The molecular weight excluding hydrogens is 545 g/mol. The molecule has 2 aliphatic heterocycles. The van der Waals surface area contributed by atoms with Gasteiger partial charge < -0.3 is 23.8 Å². The van der Waals surface area contributed by atoms with Crippen molar-refractivity contribution in [2.45, 2.75) is 32.3 Å². The highest BCUT2D eigenvalue weighted by atomic mass is 35.5. The molecule has 3 heterocycles. The number of hydrogen-bond donors (Lipinski definition) is 0. The standard InChI is InChI=1S/C25H22ClF3N4O6/c1-3-36-18(34)13-33-21(35)19-20(31(2)22-23(33)38-22)30-24(32(19)12-14-7-9-15(26)10-8-14)37-16-5-4-6-17(11-16)39-25(27,28)29/h4-11,22-23H,3,12-13H2,1-2H3. The van der Waals surface area contributed by atoms with E-state index in [-0.39, 0.29) is 43.0 Å². The predicted molar refractivity (Wildman–Crippen MR) is 131 cm³/mol. The lowest BCUT2D eigenvalue weighted by Gasteiger charge is -2.20. The van der Waals surface area contributed by atoms with Crippen molar-refractivity contribution >= 4 is 29.3 Å². The molecule has 2 aromatic carbocycles. The summed E-state index contributed by atoms with van der Waals surface area (Å²) in [6.07, 6.45) is -6.15. The highest BCUT2D eigenvalue weighted by Crippen LogP contribution is 2.41.